The van der Waals surface area contributed by atoms with E-state index in [9.17, 15) is 4.79 Å². The van der Waals surface area contributed by atoms with E-state index in [0.717, 1.165) is 32.6 Å². The number of hydrogen-bond donors (Lipinski definition) is 0. The lowest BCUT2D eigenvalue weighted by Gasteiger charge is -2.31. The van der Waals surface area contributed by atoms with Crippen molar-refractivity contribution in [3.8, 4) is 0 Å². The smallest absolute Gasteiger partial charge is 0.246 e. The Morgan fingerprint density at radius 3 is 2.39 bits per heavy atom. The van der Waals surface area contributed by atoms with Crippen molar-refractivity contribution in [2.24, 2.45) is 0 Å². The molecule has 1 aliphatic heterocycles. The molecular weight excluding hydrogens is 224 g/mol. The molecule has 1 rings (SSSR count). The molecule has 104 valence electrons. The van der Waals surface area contributed by atoms with Gasteiger partial charge in [0.2, 0.25) is 5.91 Å². The molecule has 3 heteroatoms. The Labute approximate surface area is 112 Å². The van der Waals surface area contributed by atoms with E-state index < -0.39 is 0 Å². The van der Waals surface area contributed by atoms with E-state index in [1.165, 1.54) is 32.1 Å². The number of unbranched alkanes of at least 4 members (excludes halogenated alkanes) is 5. The molecule has 0 aromatic heterocycles. The van der Waals surface area contributed by atoms with E-state index in [-0.39, 0.29) is 5.91 Å². The maximum absolute atomic E-state index is 11.9. The number of nitrogens with zero attached hydrogens (tertiary/aromatic N) is 2. The highest BCUT2D eigenvalue weighted by atomic mass is 16.2. The Kier molecular flexibility index (Phi) is 7.74. The van der Waals surface area contributed by atoms with E-state index in [4.69, 9.17) is 0 Å². The van der Waals surface area contributed by atoms with Crippen molar-refractivity contribution in [2.45, 2.75) is 45.4 Å². The fraction of sp³-hybridized carbons (Fsp3) is 0.800. The van der Waals surface area contributed by atoms with Gasteiger partial charge in [-0.15, -0.1) is 0 Å². The number of likely N-dealkylation sites (N-methyl/N-ethyl adjacent to an activating group) is 1. The third kappa shape index (κ3) is 6.20. The SMILES string of the molecule is CCCCCCCC=CC(=O)N1CCN(C)CC1. The summed E-state index contributed by atoms with van der Waals surface area (Å²) >= 11 is 0. The van der Waals surface area contributed by atoms with Crippen LogP contribution in [-0.4, -0.2) is 48.9 Å². The van der Waals surface area contributed by atoms with Crippen LogP contribution in [0.25, 0.3) is 0 Å². The first-order chi connectivity index (χ1) is 8.74. The summed E-state index contributed by atoms with van der Waals surface area (Å²) in [5, 5.41) is 0. The van der Waals surface area contributed by atoms with Crippen LogP contribution in [0.15, 0.2) is 12.2 Å². The Morgan fingerprint density at radius 1 is 1.06 bits per heavy atom. The van der Waals surface area contributed by atoms with E-state index in [2.05, 4.69) is 18.9 Å². The summed E-state index contributed by atoms with van der Waals surface area (Å²) in [6, 6.07) is 0. The fourth-order valence-corrected chi connectivity index (χ4v) is 2.18. The van der Waals surface area contributed by atoms with Crippen LogP contribution in [0.3, 0.4) is 0 Å². The average molecular weight is 252 g/mol. The van der Waals surface area contributed by atoms with Crippen molar-refractivity contribution in [1.82, 2.24) is 9.80 Å². The van der Waals surface area contributed by atoms with Gasteiger partial charge in [-0.3, -0.25) is 4.79 Å². The quantitative estimate of drug-likeness (QED) is 0.514. The van der Waals surface area contributed by atoms with Crippen LogP contribution in [0.5, 0.6) is 0 Å². The summed E-state index contributed by atoms with van der Waals surface area (Å²) in [5.74, 6) is 0.191. The number of rotatable bonds is 7. The molecule has 18 heavy (non-hydrogen) atoms. The van der Waals surface area contributed by atoms with E-state index in [1.807, 2.05) is 11.0 Å². The minimum atomic E-state index is 0.191. The maximum atomic E-state index is 11.9. The van der Waals surface area contributed by atoms with Gasteiger partial charge in [-0.2, -0.15) is 0 Å². The van der Waals surface area contributed by atoms with Crippen LogP contribution in [0, 0.1) is 0 Å². The largest absolute Gasteiger partial charge is 0.337 e. The number of carbonyl (C=O) groups excluding carboxylic acids is 1. The number of hydrogen-bond acceptors (Lipinski definition) is 2. The molecule has 1 amide bonds. The molecule has 0 aromatic carbocycles. The monoisotopic (exact) mass is 252 g/mol. The Balaban J connectivity index is 2.08. The molecule has 0 aliphatic carbocycles. The van der Waals surface area contributed by atoms with Crippen molar-refractivity contribution in [3.63, 3.8) is 0 Å². The normalized spacial score (nSPS) is 17.6. The average Bonchev–Trinajstić information content (AvgIpc) is 2.38. The lowest BCUT2D eigenvalue weighted by Crippen LogP contribution is -2.46. The second-order valence-corrected chi connectivity index (χ2v) is 5.23. The summed E-state index contributed by atoms with van der Waals surface area (Å²) in [6.45, 7) is 5.97. The minimum Gasteiger partial charge on any atom is -0.337 e. The first kappa shape index (κ1) is 15.2. The highest BCUT2D eigenvalue weighted by Gasteiger charge is 2.16. The molecule has 3 nitrogen and oxygen atoms in total. The molecule has 0 saturated carbocycles. The summed E-state index contributed by atoms with van der Waals surface area (Å²) in [4.78, 5) is 16.1. The molecular formula is C15H28N2O. The zero-order chi connectivity index (χ0) is 13.2. The molecule has 0 spiro atoms. The molecule has 0 bridgehead atoms. The Morgan fingerprint density at radius 2 is 1.72 bits per heavy atom. The number of allylic oxidation sites excluding steroid dienone is 1. The number of piperazine rings is 1. The van der Waals surface area contributed by atoms with Gasteiger partial charge in [0, 0.05) is 26.2 Å². The third-order valence-corrected chi connectivity index (χ3v) is 3.55. The first-order valence-corrected chi connectivity index (χ1v) is 7.38. The van der Waals surface area contributed by atoms with Gasteiger partial charge >= 0.3 is 0 Å². The van der Waals surface area contributed by atoms with Gasteiger partial charge in [-0.25, -0.2) is 0 Å². The molecule has 1 heterocycles. The van der Waals surface area contributed by atoms with Crippen molar-refractivity contribution < 1.29 is 4.79 Å². The minimum absolute atomic E-state index is 0.191. The summed E-state index contributed by atoms with van der Waals surface area (Å²) < 4.78 is 0. The molecule has 0 N–H and O–H groups in total. The topological polar surface area (TPSA) is 23.6 Å². The zero-order valence-corrected chi connectivity index (χ0v) is 12.0. The van der Waals surface area contributed by atoms with Crippen molar-refractivity contribution in [3.05, 3.63) is 12.2 Å². The highest BCUT2D eigenvalue weighted by molar-refractivity contribution is 5.87. The van der Waals surface area contributed by atoms with Gasteiger partial charge in [0.05, 0.1) is 0 Å². The molecule has 1 saturated heterocycles. The molecule has 1 aliphatic rings. The standard InChI is InChI=1S/C15H28N2O/c1-3-4-5-6-7-8-9-10-15(18)17-13-11-16(2)12-14-17/h9-10H,3-8,11-14H2,1-2H3. The van der Waals surface area contributed by atoms with Crippen LogP contribution in [0.2, 0.25) is 0 Å². The third-order valence-electron chi connectivity index (χ3n) is 3.55. The van der Waals surface area contributed by atoms with E-state index in [0.29, 0.717) is 0 Å². The van der Waals surface area contributed by atoms with Gasteiger partial charge in [0.25, 0.3) is 0 Å². The summed E-state index contributed by atoms with van der Waals surface area (Å²) in [5.41, 5.74) is 0. The molecule has 0 aromatic rings. The Hall–Kier alpha value is -0.830. The van der Waals surface area contributed by atoms with Crippen molar-refractivity contribution in [1.29, 1.82) is 0 Å². The van der Waals surface area contributed by atoms with Gasteiger partial charge in [-0.1, -0.05) is 38.7 Å². The van der Waals surface area contributed by atoms with Crippen molar-refractivity contribution in [2.75, 3.05) is 33.2 Å². The fourth-order valence-electron chi connectivity index (χ4n) is 2.18. The lowest BCUT2D eigenvalue weighted by molar-refractivity contribution is -0.127. The second kappa shape index (κ2) is 9.15. The van der Waals surface area contributed by atoms with Gasteiger partial charge in [0.1, 0.15) is 0 Å². The molecule has 0 radical (unpaired) electrons. The van der Waals surface area contributed by atoms with E-state index >= 15 is 0 Å². The highest BCUT2D eigenvalue weighted by Crippen LogP contribution is 2.06. The Bertz CT molecular complexity index is 255. The van der Waals surface area contributed by atoms with Crippen LogP contribution >= 0.6 is 0 Å². The molecule has 0 atom stereocenters. The summed E-state index contributed by atoms with van der Waals surface area (Å²) in [6.07, 6.45) is 11.3. The van der Waals surface area contributed by atoms with Gasteiger partial charge < -0.3 is 9.80 Å². The van der Waals surface area contributed by atoms with Crippen LogP contribution in [0.1, 0.15) is 45.4 Å². The number of amides is 1. The maximum Gasteiger partial charge on any atom is 0.246 e. The lowest BCUT2D eigenvalue weighted by atomic mass is 10.1. The number of carbonyl (C=O) groups is 1. The predicted octanol–water partition coefficient (Wildman–Crippen LogP) is 2.68. The first-order valence-electron chi connectivity index (χ1n) is 7.38. The van der Waals surface area contributed by atoms with Crippen LogP contribution < -0.4 is 0 Å². The molecule has 0 unspecified atom stereocenters. The van der Waals surface area contributed by atoms with Gasteiger partial charge in [-0.05, 0) is 26.0 Å². The van der Waals surface area contributed by atoms with E-state index in [1.54, 1.807) is 6.08 Å². The van der Waals surface area contributed by atoms with Crippen LogP contribution in [0.4, 0.5) is 0 Å². The van der Waals surface area contributed by atoms with Crippen LogP contribution in [-0.2, 0) is 4.79 Å². The predicted molar refractivity (Wildman–Crippen MR) is 76.6 cm³/mol. The summed E-state index contributed by atoms with van der Waals surface area (Å²) in [7, 11) is 2.11. The van der Waals surface area contributed by atoms with Gasteiger partial charge in [0.15, 0.2) is 0 Å². The zero-order valence-electron chi connectivity index (χ0n) is 12.0. The second-order valence-electron chi connectivity index (χ2n) is 5.23. The molecule has 1 fully saturated rings. The van der Waals surface area contributed by atoms with Crippen molar-refractivity contribution >= 4 is 5.91 Å².